The smallest absolute Gasteiger partial charge is 0.257 e. The summed E-state index contributed by atoms with van der Waals surface area (Å²) in [7, 11) is 0. The van der Waals surface area contributed by atoms with Gasteiger partial charge in [0.1, 0.15) is 5.82 Å². The van der Waals surface area contributed by atoms with Crippen molar-refractivity contribution in [3.8, 4) is 0 Å². The topological polar surface area (TPSA) is 41.9 Å². The van der Waals surface area contributed by atoms with Crippen molar-refractivity contribution in [1.29, 1.82) is 0 Å². The Kier molecular flexibility index (Phi) is 6.99. The van der Waals surface area contributed by atoms with Crippen LogP contribution in [0.1, 0.15) is 27.9 Å². The molecule has 1 aliphatic heterocycles. The second-order valence-corrected chi connectivity index (χ2v) is 8.64. The molecule has 0 unspecified atom stereocenters. The summed E-state index contributed by atoms with van der Waals surface area (Å²) in [6.45, 7) is 0.462. The summed E-state index contributed by atoms with van der Waals surface area (Å²) in [6.07, 6.45) is 0.0727. The van der Waals surface area contributed by atoms with Crippen LogP contribution in [0.15, 0.2) is 71.9 Å². The molecule has 0 N–H and O–H groups in total. The van der Waals surface area contributed by atoms with Crippen LogP contribution in [0.3, 0.4) is 0 Å². The van der Waals surface area contributed by atoms with Crippen LogP contribution in [0.5, 0.6) is 0 Å². The number of oxime groups is 1. The number of carbonyl (C=O) groups excluding carboxylic acids is 1. The van der Waals surface area contributed by atoms with Crippen LogP contribution in [0, 0.1) is 5.82 Å². The highest BCUT2D eigenvalue weighted by atomic mass is 35.5. The molecule has 164 valence electrons. The van der Waals surface area contributed by atoms with Crippen molar-refractivity contribution < 1.29 is 14.0 Å². The molecule has 0 fully saturated rings. The molecule has 0 spiro atoms. The fourth-order valence-corrected chi connectivity index (χ4v) is 4.01. The number of nitrogens with zero attached hydrogens (tertiary/aromatic N) is 2. The largest absolute Gasteiger partial charge is 0.390 e. The van der Waals surface area contributed by atoms with Gasteiger partial charge >= 0.3 is 0 Å². The van der Waals surface area contributed by atoms with Crippen LogP contribution in [-0.4, -0.2) is 29.2 Å². The third-order valence-corrected chi connectivity index (χ3v) is 6.04. The maximum atomic E-state index is 14.3. The predicted octanol–water partition coefficient (Wildman–Crippen LogP) is 6.62. The zero-order chi connectivity index (χ0) is 22.7. The number of benzene rings is 3. The molecular weight excluding hydrogens is 474 g/mol. The maximum absolute atomic E-state index is 14.3. The van der Waals surface area contributed by atoms with E-state index in [4.69, 9.17) is 39.6 Å². The molecular formula is C24H18Cl3FN2O2. The molecule has 8 heteroatoms. The fourth-order valence-electron chi connectivity index (χ4n) is 3.50. The molecule has 0 saturated heterocycles. The molecule has 0 saturated carbocycles. The average molecular weight is 492 g/mol. The third-order valence-electron chi connectivity index (χ3n) is 5.06. The van der Waals surface area contributed by atoms with Crippen LogP contribution < -0.4 is 0 Å². The molecule has 3 aromatic carbocycles. The molecule has 1 amide bonds. The lowest BCUT2D eigenvalue weighted by molar-refractivity contribution is 0.0402. The monoisotopic (exact) mass is 490 g/mol. The minimum absolute atomic E-state index is 0.00171. The Morgan fingerprint density at radius 2 is 1.84 bits per heavy atom. The Bertz CT molecular complexity index is 1190. The quantitative estimate of drug-likeness (QED) is 0.389. The van der Waals surface area contributed by atoms with Gasteiger partial charge in [-0.05, 0) is 42.0 Å². The van der Waals surface area contributed by atoms with E-state index in [0.717, 1.165) is 11.1 Å². The summed E-state index contributed by atoms with van der Waals surface area (Å²) in [5.74, 6) is -1.01. The zero-order valence-electron chi connectivity index (χ0n) is 16.8. The highest BCUT2D eigenvalue weighted by Crippen LogP contribution is 2.26. The van der Waals surface area contributed by atoms with Gasteiger partial charge in [-0.1, -0.05) is 70.3 Å². The van der Waals surface area contributed by atoms with Crippen molar-refractivity contribution in [1.82, 2.24) is 4.90 Å². The van der Waals surface area contributed by atoms with Gasteiger partial charge in [-0.15, -0.1) is 0 Å². The molecule has 32 heavy (non-hydrogen) atoms. The predicted molar refractivity (Wildman–Crippen MR) is 125 cm³/mol. The number of amides is 1. The van der Waals surface area contributed by atoms with E-state index in [1.807, 2.05) is 12.1 Å². The first-order chi connectivity index (χ1) is 15.4. The van der Waals surface area contributed by atoms with Crippen molar-refractivity contribution in [3.63, 3.8) is 0 Å². The van der Waals surface area contributed by atoms with E-state index in [0.29, 0.717) is 27.2 Å². The Morgan fingerprint density at radius 1 is 1.03 bits per heavy atom. The second-order valence-electron chi connectivity index (χ2n) is 7.39. The van der Waals surface area contributed by atoms with Crippen molar-refractivity contribution >= 4 is 46.4 Å². The third kappa shape index (κ3) is 5.23. The summed E-state index contributed by atoms with van der Waals surface area (Å²) in [4.78, 5) is 20.3. The summed E-state index contributed by atoms with van der Waals surface area (Å²) in [5, 5.41) is 5.60. The molecule has 3 aromatic rings. The first-order valence-corrected chi connectivity index (χ1v) is 11.0. The zero-order valence-corrected chi connectivity index (χ0v) is 19.0. The number of carbonyl (C=O) groups is 1. The SMILES string of the molecule is O=C(c1ccccc1F)N(Cc1cccc(Cl)c1)C[C@@H]1CC(c2ccc(Cl)c(Cl)c2)=NO1. The van der Waals surface area contributed by atoms with Gasteiger partial charge in [0.25, 0.3) is 5.91 Å². The molecule has 0 radical (unpaired) electrons. The lowest BCUT2D eigenvalue weighted by Gasteiger charge is -2.25. The first kappa shape index (κ1) is 22.6. The minimum Gasteiger partial charge on any atom is -0.390 e. The lowest BCUT2D eigenvalue weighted by atomic mass is 10.0. The number of halogens is 4. The number of rotatable bonds is 6. The van der Waals surface area contributed by atoms with Gasteiger partial charge in [-0.3, -0.25) is 4.79 Å². The standard InChI is InChI=1S/C24H18Cl3FN2O2/c25-17-5-3-4-15(10-17)13-30(24(31)19-6-1-2-7-22(19)28)14-18-12-23(29-32-18)16-8-9-20(26)21(27)11-16/h1-11,18H,12-14H2/t18-/m0/s1. The summed E-state index contributed by atoms with van der Waals surface area (Å²) < 4.78 is 14.3. The van der Waals surface area contributed by atoms with E-state index < -0.39 is 17.8 Å². The van der Waals surface area contributed by atoms with Gasteiger partial charge in [0, 0.05) is 23.6 Å². The van der Waals surface area contributed by atoms with Crippen LogP contribution in [0.25, 0.3) is 0 Å². The first-order valence-electron chi connectivity index (χ1n) is 9.87. The molecule has 1 atom stereocenters. The van der Waals surface area contributed by atoms with Gasteiger partial charge in [-0.25, -0.2) is 4.39 Å². The average Bonchev–Trinajstić information content (AvgIpc) is 3.24. The van der Waals surface area contributed by atoms with E-state index in [2.05, 4.69) is 5.16 Å². The van der Waals surface area contributed by atoms with E-state index >= 15 is 0 Å². The van der Waals surface area contributed by atoms with Crippen molar-refractivity contribution in [2.45, 2.75) is 19.1 Å². The van der Waals surface area contributed by atoms with Gasteiger partial charge in [0.2, 0.25) is 0 Å². The molecule has 4 rings (SSSR count). The normalized spacial score (nSPS) is 15.2. The lowest BCUT2D eigenvalue weighted by Crippen LogP contribution is -2.37. The van der Waals surface area contributed by atoms with E-state index in [1.54, 1.807) is 47.4 Å². The molecule has 1 heterocycles. The van der Waals surface area contributed by atoms with E-state index in [-0.39, 0.29) is 18.7 Å². The van der Waals surface area contributed by atoms with Crippen molar-refractivity contribution in [2.24, 2.45) is 5.16 Å². The molecule has 0 bridgehead atoms. The Morgan fingerprint density at radius 3 is 2.59 bits per heavy atom. The molecule has 4 nitrogen and oxygen atoms in total. The Labute approximate surface area is 200 Å². The van der Waals surface area contributed by atoms with Crippen LogP contribution in [-0.2, 0) is 11.4 Å². The molecule has 0 aliphatic carbocycles. The molecule has 0 aromatic heterocycles. The highest BCUT2D eigenvalue weighted by molar-refractivity contribution is 6.42. The molecule has 1 aliphatic rings. The fraction of sp³-hybridized carbons (Fsp3) is 0.167. The van der Waals surface area contributed by atoms with Crippen LogP contribution in [0.4, 0.5) is 4.39 Å². The number of hydrogen-bond donors (Lipinski definition) is 0. The Balaban J connectivity index is 1.53. The van der Waals surface area contributed by atoms with Gasteiger partial charge in [0.05, 0.1) is 27.9 Å². The van der Waals surface area contributed by atoms with Crippen LogP contribution >= 0.6 is 34.8 Å². The van der Waals surface area contributed by atoms with Gasteiger partial charge in [-0.2, -0.15) is 0 Å². The summed E-state index contributed by atoms with van der Waals surface area (Å²) in [6, 6.07) is 18.3. The van der Waals surface area contributed by atoms with E-state index in [1.165, 1.54) is 12.1 Å². The van der Waals surface area contributed by atoms with Gasteiger partial charge in [0.15, 0.2) is 6.10 Å². The second kappa shape index (κ2) is 9.90. The van der Waals surface area contributed by atoms with Crippen molar-refractivity contribution in [3.05, 3.63) is 104 Å². The van der Waals surface area contributed by atoms with Crippen molar-refractivity contribution in [2.75, 3.05) is 6.54 Å². The maximum Gasteiger partial charge on any atom is 0.257 e. The highest BCUT2D eigenvalue weighted by Gasteiger charge is 2.28. The van der Waals surface area contributed by atoms with Crippen LogP contribution in [0.2, 0.25) is 15.1 Å². The Hall–Kier alpha value is -2.60. The summed E-state index contributed by atoms with van der Waals surface area (Å²) >= 11 is 18.2. The number of hydrogen-bond acceptors (Lipinski definition) is 3. The van der Waals surface area contributed by atoms with Gasteiger partial charge < -0.3 is 9.74 Å². The van der Waals surface area contributed by atoms with E-state index in [9.17, 15) is 9.18 Å². The minimum atomic E-state index is -0.575. The summed E-state index contributed by atoms with van der Waals surface area (Å²) in [5.41, 5.74) is 2.32.